The molecular formula is C18H15F4N5O. The summed E-state index contributed by atoms with van der Waals surface area (Å²) in [5.41, 5.74) is 5.60. The molecule has 10 heteroatoms. The van der Waals surface area contributed by atoms with Crippen molar-refractivity contribution in [3.63, 3.8) is 0 Å². The smallest absolute Gasteiger partial charge is 0.383 e. The lowest BCUT2D eigenvalue weighted by atomic mass is 10.1. The summed E-state index contributed by atoms with van der Waals surface area (Å²) in [6, 6.07) is 7.76. The summed E-state index contributed by atoms with van der Waals surface area (Å²) in [6.45, 7) is 1.69. The van der Waals surface area contributed by atoms with Crippen molar-refractivity contribution in [1.29, 1.82) is 0 Å². The first kappa shape index (κ1) is 19.3. The Morgan fingerprint density at radius 3 is 2.46 bits per heavy atom. The van der Waals surface area contributed by atoms with Crippen molar-refractivity contribution >= 4 is 17.5 Å². The highest BCUT2D eigenvalue weighted by atomic mass is 19.4. The van der Waals surface area contributed by atoms with Crippen molar-refractivity contribution < 1.29 is 22.4 Å². The Kier molecular flexibility index (Phi) is 4.80. The standard InChI is InChI=1S/C18H15F4N5O/c1-9-3-4-10(12(19)7-9)17(28)25-15-6-5-11(16(23)24-15)13-8-14(18(20,21)22)26-27(13)2/h3-8H,1-2H3,(H3,23,24,25,28). The molecule has 3 rings (SSSR count). The Morgan fingerprint density at radius 1 is 1.18 bits per heavy atom. The van der Waals surface area contributed by atoms with Crippen LogP contribution in [0.2, 0.25) is 0 Å². The average Bonchev–Trinajstić information content (AvgIpc) is 2.97. The van der Waals surface area contributed by atoms with E-state index in [0.29, 0.717) is 5.56 Å². The van der Waals surface area contributed by atoms with Gasteiger partial charge in [-0.05, 0) is 42.8 Å². The molecule has 0 atom stereocenters. The molecule has 0 unspecified atom stereocenters. The van der Waals surface area contributed by atoms with Gasteiger partial charge < -0.3 is 11.1 Å². The van der Waals surface area contributed by atoms with Gasteiger partial charge in [0.2, 0.25) is 0 Å². The zero-order valence-corrected chi connectivity index (χ0v) is 14.8. The number of carbonyl (C=O) groups excluding carboxylic acids is 1. The molecule has 28 heavy (non-hydrogen) atoms. The van der Waals surface area contributed by atoms with Gasteiger partial charge in [-0.1, -0.05) is 6.07 Å². The number of aryl methyl sites for hydroxylation is 2. The molecule has 0 saturated carbocycles. The predicted octanol–water partition coefficient (Wildman–Crippen LogP) is 3.78. The van der Waals surface area contributed by atoms with Crippen molar-refractivity contribution in [1.82, 2.24) is 14.8 Å². The van der Waals surface area contributed by atoms with Crippen LogP contribution >= 0.6 is 0 Å². The second-order valence-corrected chi connectivity index (χ2v) is 6.10. The van der Waals surface area contributed by atoms with Crippen molar-refractivity contribution in [3.8, 4) is 11.3 Å². The normalized spacial score (nSPS) is 11.5. The maximum atomic E-state index is 13.9. The second-order valence-electron chi connectivity index (χ2n) is 6.10. The molecule has 1 aromatic carbocycles. The van der Waals surface area contributed by atoms with Crippen molar-refractivity contribution in [2.75, 3.05) is 11.1 Å². The lowest BCUT2D eigenvalue weighted by molar-refractivity contribution is -0.141. The predicted molar refractivity (Wildman–Crippen MR) is 94.9 cm³/mol. The van der Waals surface area contributed by atoms with Crippen LogP contribution in [0.15, 0.2) is 36.4 Å². The van der Waals surface area contributed by atoms with Crippen molar-refractivity contribution in [2.45, 2.75) is 13.1 Å². The number of benzene rings is 1. The average molecular weight is 393 g/mol. The first-order valence-corrected chi connectivity index (χ1v) is 8.02. The molecule has 0 aliphatic carbocycles. The molecule has 2 heterocycles. The Labute approximate surface area is 157 Å². The number of amides is 1. The molecule has 1 amide bonds. The summed E-state index contributed by atoms with van der Waals surface area (Å²) in [7, 11) is 1.35. The lowest BCUT2D eigenvalue weighted by Gasteiger charge is -2.09. The van der Waals surface area contributed by atoms with Gasteiger partial charge in [-0.3, -0.25) is 9.48 Å². The van der Waals surface area contributed by atoms with E-state index < -0.39 is 23.6 Å². The maximum absolute atomic E-state index is 13.9. The van der Waals surface area contributed by atoms with Crippen LogP contribution in [-0.4, -0.2) is 20.7 Å². The van der Waals surface area contributed by atoms with Crippen LogP contribution in [0.4, 0.5) is 29.2 Å². The third kappa shape index (κ3) is 3.80. The van der Waals surface area contributed by atoms with E-state index in [2.05, 4.69) is 15.4 Å². The van der Waals surface area contributed by atoms with E-state index in [0.717, 1.165) is 10.7 Å². The Morgan fingerprint density at radius 2 is 1.89 bits per heavy atom. The summed E-state index contributed by atoms with van der Waals surface area (Å²) in [4.78, 5) is 16.2. The topological polar surface area (TPSA) is 85.8 Å². The highest BCUT2D eigenvalue weighted by Crippen LogP contribution is 2.33. The number of nitrogens with zero attached hydrogens (tertiary/aromatic N) is 3. The number of nitrogen functional groups attached to an aromatic ring is 1. The van der Waals surface area contributed by atoms with E-state index >= 15 is 0 Å². The molecular weight excluding hydrogens is 378 g/mol. The first-order valence-electron chi connectivity index (χ1n) is 8.02. The second kappa shape index (κ2) is 6.95. The molecule has 0 saturated heterocycles. The van der Waals surface area contributed by atoms with Gasteiger partial charge in [-0.15, -0.1) is 0 Å². The zero-order valence-electron chi connectivity index (χ0n) is 14.8. The summed E-state index contributed by atoms with van der Waals surface area (Å²) < 4.78 is 53.4. The molecule has 2 aromatic heterocycles. The van der Waals surface area contributed by atoms with Crippen molar-refractivity contribution in [3.05, 3.63) is 59.0 Å². The molecule has 6 nitrogen and oxygen atoms in total. The van der Waals surface area contributed by atoms with Crippen molar-refractivity contribution in [2.24, 2.45) is 7.05 Å². The molecule has 0 fully saturated rings. The number of rotatable bonds is 3. The molecule has 0 aliphatic heterocycles. The minimum atomic E-state index is -4.59. The molecule has 0 bridgehead atoms. The van der Waals surface area contributed by atoms with Crippen LogP contribution in [-0.2, 0) is 13.2 Å². The Balaban J connectivity index is 1.87. The fraction of sp³-hybridized carbons (Fsp3) is 0.167. The number of halogens is 4. The van der Waals surface area contributed by atoms with E-state index in [-0.39, 0.29) is 28.5 Å². The Bertz CT molecular complexity index is 1060. The minimum absolute atomic E-state index is 0.0319. The van der Waals surface area contributed by atoms with E-state index in [1.165, 1.54) is 31.3 Å². The number of hydrogen-bond acceptors (Lipinski definition) is 4. The van der Waals surface area contributed by atoms with Gasteiger partial charge in [-0.25, -0.2) is 9.37 Å². The highest BCUT2D eigenvalue weighted by molar-refractivity contribution is 6.04. The number of carbonyl (C=O) groups is 1. The minimum Gasteiger partial charge on any atom is -0.383 e. The summed E-state index contributed by atoms with van der Waals surface area (Å²) in [5.74, 6) is -1.49. The van der Waals surface area contributed by atoms with Gasteiger partial charge in [-0.2, -0.15) is 18.3 Å². The van der Waals surface area contributed by atoms with Crippen LogP contribution in [0.5, 0.6) is 0 Å². The maximum Gasteiger partial charge on any atom is 0.435 e. The zero-order chi connectivity index (χ0) is 20.6. The number of nitrogens with two attached hydrogens (primary N) is 1. The number of pyridine rings is 1. The highest BCUT2D eigenvalue weighted by Gasteiger charge is 2.35. The van der Waals surface area contributed by atoms with Crippen LogP contribution in [0.1, 0.15) is 21.6 Å². The third-order valence-electron chi connectivity index (χ3n) is 3.98. The van der Waals surface area contributed by atoms with Crippen LogP contribution < -0.4 is 11.1 Å². The van der Waals surface area contributed by atoms with Crippen LogP contribution in [0.25, 0.3) is 11.3 Å². The van der Waals surface area contributed by atoms with Gasteiger partial charge in [0.1, 0.15) is 17.5 Å². The van der Waals surface area contributed by atoms with E-state index in [1.54, 1.807) is 13.0 Å². The van der Waals surface area contributed by atoms with Gasteiger partial charge in [0, 0.05) is 12.6 Å². The largest absolute Gasteiger partial charge is 0.435 e. The number of nitrogens with one attached hydrogen (secondary N) is 1. The molecule has 0 spiro atoms. The quantitative estimate of drug-likeness (QED) is 0.663. The van der Waals surface area contributed by atoms with E-state index in [1.807, 2.05) is 0 Å². The van der Waals surface area contributed by atoms with Crippen LogP contribution in [0.3, 0.4) is 0 Å². The SMILES string of the molecule is Cc1ccc(C(=O)Nc2ccc(-c3cc(C(F)(F)F)nn3C)c(N)n2)c(F)c1. The fourth-order valence-electron chi connectivity index (χ4n) is 2.61. The fourth-order valence-corrected chi connectivity index (χ4v) is 2.61. The molecule has 3 aromatic rings. The number of hydrogen-bond donors (Lipinski definition) is 2. The molecule has 146 valence electrons. The van der Waals surface area contributed by atoms with E-state index in [4.69, 9.17) is 5.73 Å². The Hall–Kier alpha value is -3.43. The summed E-state index contributed by atoms with van der Waals surface area (Å²) >= 11 is 0. The first-order chi connectivity index (χ1) is 13.1. The third-order valence-corrected chi connectivity index (χ3v) is 3.98. The molecule has 3 N–H and O–H groups in total. The van der Waals surface area contributed by atoms with Gasteiger partial charge in [0.25, 0.3) is 5.91 Å². The van der Waals surface area contributed by atoms with Gasteiger partial charge in [0.15, 0.2) is 5.69 Å². The molecule has 0 radical (unpaired) electrons. The number of alkyl halides is 3. The van der Waals surface area contributed by atoms with Gasteiger partial charge >= 0.3 is 6.18 Å². The lowest BCUT2D eigenvalue weighted by Crippen LogP contribution is -2.15. The van der Waals surface area contributed by atoms with Gasteiger partial charge in [0.05, 0.1) is 11.3 Å². The van der Waals surface area contributed by atoms with Crippen LogP contribution in [0, 0.1) is 12.7 Å². The summed E-state index contributed by atoms with van der Waals surface area (Å²) in [5, 5.41) is 5.83. The number of aromatic nitrogens is 3. The monoisotopic (exact) mass is 393 g/mol. The summed E-state index contributed by atoms with van der Waals surface area (Å²) in [6.07, 6.45) is -4.59. The number of anilines is 2. The molecule has 0 aliphatic rings. The van der Waals surface area contributed by atoms with E-state index in [9.17, 15) is 22.4 Å².